The van der Waals surface area contributed by atoms with Crippen LogP contribution in [0.15, 0.2) is 36.4 Å². The van der Waals surface area contributed by atoms with Gasteiger partial charge in [-0.2, -0.15) is 5.10 Å². The quantitative estimate of drug-likeness (QED) is 0.437. The summed E-state index contributed by atoms with van der Waals surface area (Å²) in [5.41, 5.74) is 6.97. The molecule has 1 aliphatic rings. The molecule has 1 fully saturated rings. The highest BCUT2D eigenvalue weighted by molar-refractivity contribution is 7.91. The Labute approximate surface area is 208 Å². The second-order valence-corrected chi connectivity index (χ2v) is 12.2. The zero-order valence-electron chi connectivity index (χ0n) is 21.6. The molecule has 7 nitrogen and oxygen atoms in total. The summed E-state index contributed by atoms with van der Waals surface area (Å²) in [6.45, 7) is 11.1. The van der Waals surface area contributed by atoms with Crippen molar-refractivity contribution in [3.63, 3.8) is 0 Å². The minimum Gasteiger partial charge on any atom is -0.341 e. The normalized spacial score (nSPS) is 18.3. The van der Waals surface area contributed by atoms with Gasteiger partial charge in [0.25, 0.3) is 0 Å². The molecule has 0 amide bonds. The van der Waals surface area contributed by atoms with Gasteiger partial charge < -0.3 is 4.57 Å². The summed E-state index contributed by atoms with van der Waals surface area (Å²) in [5, 5.41) is 4.66. The van der Waals surface area contributed by atoms with Gasteiger partial charge in [-0.25, -0.2) is 8.42 Å². The van der Waals surface area contributed by atoms with Gasteiger partial charge in [-0.3, -0.25) is 14.4 Å². The van der Waals surface area contributed by atoms with Crippen LogP contribution in [0.1, 0.15) is 69.7 Å². The van der Waals surface area contributed by atoms with Gasteiger partial charge in [0, 0.05) is 34.8 Å². The molecule has 0 aliphatic carbocycles. The van der Waals surface area contributed by atoms with Crippen molar-refractivity contribution in [3.8, 4) is 0 Å². The molecule has 0 bridgehead atoms. The topological polar surface area (TPSA) is 77.2 Å². The van der Waals surface area contributed by atoms with Gasteiger partial charge >= 0.3 is 0 Å². The molecule has 0 N–H and O–H groups in total. The molecule has 0 unspecified atom stereocenters. The van der Waals surface area contributed by atoms with Crippen molar-refractivity contribution in [2.45, 2.75) is 59.7 Å². The highest BCUT2D eigenvalue weighted by Crippen LogP contribution is 2.28. The zero-order chi connectivity index (χ0) is 25.5. The van der Waals surface area contributed by atoms with Crippen molar-refractivity contribution in [1.29, 1.82) is 0 Å². The average Bonchev–Trinajstić information content (AvgIpc) is 3.41. The lowest BCUT2D eigenvalue weighted by Gasteiger charge is -2.20. The maximum atomic E-state index is 13.3. The van der Waals surface area contributed by atoms with Gasteiger partial charge in [0.1, 0.15) is 0 Å². The maximum absolute atomic E-state index is 13.3. The molecule has 4 rings (SSSR count). The number of hydrogen-bond donors (Lipinski definition) is 0. The van der Waals surface area contributed by atoms with E-state index in [0.29, 0.717) is 19.5 Å². The number of carbonyl (C=O) groups excluding carboxylic acids is 1. The van der Waals surface area contributed by atoms with E-state index in [2.05, 4.69) is 35.6 Å². The summed E-state index contributed by atoms with van der Waals surface area (Å²) in [7, 11) is -1.04. The molecular weight excluding hydrogens is 460 g/mol. The Morgan fingerprint density at radius 1 is 1.14 bits per heavy atom. The second-order valence-electron chi connectivity index (χ2n) is 9.99. The van der Waals surface area contributed by atoms with E-state index in [4.69, 9.17) is 0 Å². The molecule has 8 heteroatoms. The molecule has 1 aromatic carbocycles. The summed E-state index contributed by atoms with van der Waals surface area (Å²) in [4.78, 5) is 15.3. The van der Waals surface area contributed by atoms with Gasteiger partial charge in [0.15, 0.2) is 15.6 Å². The first-order valence-corrected chi connectivity index (χ1v) is 14.0. The van der Waals surface area contributed by atoms with E-state index >= 15 is 0 Å². The van der Waals surface area contributed by atoms with Crippen molar-refractivity contribution >= 4 is 15.6 Å². The molecule has 35 heavy (non-hydrogen) atoms. The smallest absolute Gasteiger partial charge is 0.178 e. The van der Waals surface area contributed by atoms with Crippen LogP contribution in [0.2, 0.25) is 0 Å². The number of Topliss-reactive ketones (excluding diaryl/α,β-unsaturated/α-hetero) is 1. The van der Waals surface area contributed by atoms with Crippen molar-refractivity contribution in [2.24, 2.45) is 0 Å². The number of benzene rings is 1. The molecule has 0 radical (unpaired) electrons. The molecule has 1 aliphatic heterocycles. The summed E-state index contributed by atoms with van der Waals surface area (Å²) in [6.07, 6.45) is 0.606. The summed E-state index contributed by atoms with van der Waals surface area (Å²) >= 11 is 0. The van der Waals surface area contributed by atoms with Crippen LogP contribution in [0.5, 0.6) is 0 Å². The first-order chi connectivity index (χ1) is 16.5. The lowest BCUT2D eigenvalue weighted by molar-refractivity contribution is 0.0942. The standard InChI is InChI=1S/C27H36N4O3S/c1-18-14-25(21(4)30(18)20(3)23-10-8-7-9-11-23)27(32)16-29(6)15-26-19(2)28-31(22(26)5)24-12-13-35(33,34)17-24/h7-11,14,20,24H,12-13,15-17H2,1-6H3/t20-,24+/m1/s1. The fourth-order valence-electron chi connectivity index (χ4n) is 5.44. The van der Waals surface area contributed by atoms with Gasteiger partial charge in [0.2, 0.25) is 0 Å². The van der Waals surface area contributed by atoms with Crippen LogP contribution in [0.3, 0.4) is 0 Å². The van der Waals surface area contributed by atoms with Gasteiger partial charge in [0.05, 0.1) is 35.8 Å². The Morgan fingerprint density at radius 3 is 2.46 bits per heavy atom. The van der Waals surface area contributed by atoms with Crippen LogP contribution < -0.4 is 0 Å². The van der Waals surface area contributed by atoms with Crippen LogP contribution >= 0.6 is 0 Å². The number of aryl methyl sites for hydroxylation is 2. The minimum absolute atomic E-state index is 0.0942. The van der Waals surface area contributed by atoms with E-state index in [1.165, 1.54) is 5.56 Å². The molecule has 0 saturated carbocycles. The Kier molecular flexibility index (Phi) is 7.06. The van der Waals surface area contributed by atoms with Crippen molar-refractivity contribution in [1.82, 2.24) is 19.2 Å². The highest BCUT2D eigenvalue weighted by Gasteiger charge is 2.31. The maximum Gasteiger partial charge on any atom is 0.178 e. The Balaban J connectivity index is 1.48. The van der Waals surface area contributed by atoms with Crippen molar-refractivity contribution in [3.05, 3.63) is 75.9 Å². The fourth-order valence-corrected chi connectivity index (χ4v) is 7.13. The minimum atomic E-state index is -2.98. The molecule has 2 aromatic heterocycles. The first-order valence-electron chi connectivity index (χ1n) is 12.2. The Bertz CT molecular complexity index is 1340. The van der Waals surface area contributed by atoms with E-state index in [1.54, 1.807) is 0 Å². The van der Waals surface area contributed by atoms with Gasteiger partial charge in [-0.05, 0) is 59.7 Å². The number of ketones is 1. The van der Waals surface area contributed by atoms with Crippen molar-refractivity contribution < 1.29 is 13.2 Å². The van der Waals surface area contributed by atoms with Gasteiger partial charge in [-0.15, -0.1) is 0 Å². The van der Waals surface area contributed by atoms with E-state index in [0.717, 1.165) is 33.9 Å². The monoisotopic (exact) mass is 496 g/mol. The number of carbonyl (C=O) groups is 1. The van der Waals surface area contributed by atoms with E-state index in [9.17, 15) is 13.2 Å². The van der Waals surface area contributed by atoms with Crippen LogP contribution in [-0.4, -0.2) is 58.5 Å². The third-order valence-corrected chi connectivity index (χ3v) is 9.08. The third kappa shape index (κ3) is 5.14. The van der Waals surface area contributed by atoms with Crippen LogP contribution in [-0.2, 0) is 16.4 Å². The number of nitrogens with zero attached hydrogens (tertiary/aromatic N) is 4. The zero-order valence-corrected chi connectivity index (χ0v) is 22.4. The molecule has 3 aromatic rings. The molecule has 0 spiro atoms. The molecule has 3 heterocycles. The predicted octanol–water partition coefficient (Wildman–Crippen LogP) is 4.20. The highest BCUT2D eigenvalue weighted by atomic mass is 32.2. The van der Waals surface area contributed by atoms with Crippen LogP contribution in [0.25, 0.3) is 0 Å². The summed E-state index contributed by atoms with van der Waals surface area (Å²) in [5.74, 6) is 0.470. The Morgan fingerprint density at radius 2 is 1.83 bits per heavy atom. The molecule has 1 saturated heterocycles. The summed E-state index contributed by atoms with van der Waals surface area (Å²) < 4.78 is 28.0. The first kappa shape index (κ1) is 25.4. The summed E-state index contributed by atoms with van der Waals surface area (Å²) in [6, 6.07) is 12.4. The van der Waals surface area contributed by atoms with E-state index < -0.39 is 9.84 Å². The van der Waals surface area contributed by atoms with Gasteiger partial charge in [-0.1, -0.05) is 30.3 Å². The second kappa shape index (κ2) is 9.74. The molecule has 2 atom stereocenters. The average molecular weight is 497 g/mol. The van der Waals surface area contributed by atoms with E-state index in [1.807, 2.05) is 61.7 Å². The number of hydrogen-bond acceptors (Lipinski definition) is 5. The van der Waals surface area contributed by atoms with E-state index in [-0.39, 0.29) is 29.4 Å². The molecular formula is C27H36N4O3S. The third-order valence-electron chi connectivity index (χ3n) is 7.32. The largest absolute Gasteiger partial charge is 0.341 e. The number of likely N-dealkylation sites (N-methyl/N-ethyl adjacent to an activating group) is 1. The van der Waals surface area contributed by atoms with Crippen LogP contribution in [0, 0.1) is 27.7 Å². The number of sulfone groups is 1. The lowest BCUT2D eigenvalue weighted by atomic mass is 10.1. The fraction of sp³-hybridized carbons (Fsp3) is 0.481. The SMILES string of the molecule is Cc1nn([C@H]2CCS(=O)(=O)C2)c(C)c1CN(C)CC(=O)c1cc(C)n([C@H](C)c2ccccc2)c1C. The lowest BCUT2D eigenvalue weighted by Crippen LogP contribution is -2.26. The predicted molar refractivity (Wildman–Crippen MR) is 139 cm³/mol. The number of rotatable bonds is 8. The molecule has 188 valence electrons. The number of aromatic nitrogens is 3. The van der Waals surface area contributed by atoms with Crippen LogP contribution in [0.4, 0.5) is 0 Å². The Hall–Kier alpha value is -2.71. The van der Waals surface area contributed by atoms with Crippen molar-refractivity contribution in [2.75, 3.05) is 25.1 Å².